The molecule has 0 atom stereocenters. The van der Waals surface area contributed by atoms with Crippen molar-refractivity contribution in [3.63, 3.8) is 0 Å². The molecule has 1 heterocycles. The van der Waals surface area contributed by atoms with E-state index in [1.54, 1.807) is 12.3 Å². The van der Waals surface area contributed by atoms with E-state index in [4.69, 9.17) is 9.26 Å². The molecule has 3 nitrogen and oxygen atoms in total. The number of hydrogen-bond acceptors (Lipinski definition) is 3. The lowest BCUT2D eigenvalue weighted by atomic mass is 10.1. The predicted molar refractivity (Wildman–Crippen MR) is 64.8 cm³/mol. The highest BCUT2D eigenvalue weighted by Crippen LogP contribution is 2.21. The van der Waals surface area contributed by atoms with Gasteiger partial charge in [-0.15, -0.1) is 0 Å². The van der Waals surface area contributed by atoms with Gasteiger partial charge in [0.15, 0.2) is 5.76 Å². The molecule has 0 unspecified atom stereocenters. The molecule has 1 aromatic heterocycles. The van der Waals surface area contributed by atoms with Crippen LogP contribution in [0.4, 0.5) is 0 Å². The second-order valence-electron chi connectivity index (χ2n) is 3.78. The standard InChI is InChI=1S/C14H11NO2/c1-2-4-12-9-13(6-5-11(12)3-1)16-10-14-7-8-15-17-14/h1-9H,10H2. The Balaban J connectivity index is 1.81. The van der Waals surface area contributed by atoms with Crippen LogP contribution in [-0.4, -0.2) is 5.16 Å². The van der Waals surface area contributed by atoms with Crippen LogP contribution in [0.5, 0.6) is 5.75 Å². The van der Waals surface area contributed by atoms with Crippen LogP contribution in [0.3, 0.4) is 0 Å². The molecule has 3 aromatic rings. The quantitative estimate of drug-likeness (QED) is 0.685. The number of nitrogens with zero attached hydrogens (tertiary/aromatic N) is 1. The summed E-state index contributed by atoms with van der Waals surface area (Å²) >= 11 is 0. The fraction of sp³-hybridized carbons (Fsp3) is 0.0714. The fourth-order valence-electron chi connectivity index (χ4n) is 1.73. The third-order valence-electron chi connectivity index (χ3n) is 2.59. The number of fused-ring (bicyclic) bond motifs is 1. The Morgan fingerprint density at radius 3 is 2.71 bits per heavy atom. The fourth-order valence-corrected chi connectivity index (χ4v) is 1.73. The van der Waals surface area contributed by atoms with E-state index in [0.717, 1.165) is 11.5 Å². The van der Waals surface area contributed by atoms with Crippen LogP contribution < -0.4 is 4.74 Å². The van der Waals surface area contributed by atoms with E-state index in [1.165, 1.54) is 10.8 Å². The third-order valence-corrected chi connectivity index (χ3v) is 2.59. The van der Waals surface area contributed by atoms with Crippen LogP contribution in [-0.2, 0) is 6.61 Å². The molecule has 2 aromatic carbocycles. The second-order valence-corrected chi connectivity index (χ2v) is 3.78. The van der Waals surface area contributed by atoms with Gasteiger partial charge in [0.2, 0.25) is 0 Å². The second kappa shape index (κ2) is 4.29. The van der Waals surface area contributed by atoms with E-state index in [1.807, 2.05) is 30.3 Å². The molecular weight excluding hydrogens is 214 g/mol. The van der Waals surface area contributed by atoms with Crippen molar-refractivity contribution in [1.82, 2.24) is 5.16 Å². The first-order valence-corrected chi connectivity index (χ1v) is 5.43. The van der Waals surface area contributed by atoms with Crippen LogP contribution in [0.2, 0.25) is 0 Å². The molecule has 17 heavy (non-hydrogen) atoms. The summed E-state index contributed by atoms with van der Waals surface area (Å²) in [6.45, 7) is 0.401. The van der Waals surface area contributed by atoms with Crippen LogP contribution in [0.15, 0.2) is 59.3 Å². The van der Waals surface area contributed by atoms with Crippen LogP contribution in [0.1, 0.15) is 5.76 Å². The lowest BCUT2D eigenvalue weighted by Gasteiger charge is -2.05. The molecule has 0 amide bonds. The molecule has 84 valence electrons. The minimum Gasteiger partial charge on any atom is -0.486 e. The monoisotopic (exact) mass is 225 g/mol. The van der Waals surface area contributed by atoms with Gasteiger partial charge in [-0.2, -0.15) is 0 Å². The molecule has 0 spiro atoms. The van der Waals surface area contributed by atoms with Crippen LogP contribution >= 0.6 is 0 Å². The summed E-state index contributed by atoms with van der Waals surface area (Å²) in [6, 6.07) is 16.0. The molecule has 0 fully saturated rings. The molecule has 0 saturated heterocycles. The third kappa shape index (κ3) is 2.13. The maximum absolute atomic E-state index is 5.62. The van der Waals surface area contributed by atoms with Crippen molar-refractivity contribution in [2.45, 2.75) is 6.61 Å². The summed E-state index contributed by atoms with van der Waals surface area (Å²) in [5.74, 6) is 1.55. The first kappa shape index (κ1) is 9.90. The van der Waals surface area contributed by atoms with Crippen LogP contribution in [0.25, 0.3) is 10.8 Å². The molecule has 0 radical (unpaired) electrons. The van der Waals surface area contributed by atoms with Crippen molar-refractivity contribution in [2.75, 3.05) is 0 Å². The molecule has 0 bridgehead atoms. The van der Waals surface area contributed by atoms with Gasteiger partial charge in [-0.05, 0) is 22.9 Å². The first-order valence-electron chi connectivity index (χ1n) is 5.43. The van der Waals surface area contributed by atoms with Gasteiger partial charge in [0, 0.05) is 6.07 Å². The topological polar surface area (TPSA) is 35.3 Å². The number of rotatable bonds is 3. The van der Waals surface area contributed by atoms with Gasteiger partial charge in [0.05, 0.1) is 6.20 Å². The van der Waals surface area contributed by atoms with Gasteiger partial charge in [-0.1, -0.05) is 35.5 Å². The normalized spacial score (nSPS) is 10.6. The largest absolute Gasteiger partial charge is 0.486 e. The predicted octanol–water partition coefficient (Wildman–Crippen LogP) is 3.41. The minimum absolute atomic E-state index is 0.401. The Hall–Kier alpha value is -2.29. The molecule has 0 saturated carbocycles. The smallest absolute Gasteiger partial charge is 0.174 e. The Morgan fingerprint density at radius 2 is 1.88 bits per heavy atom. The van der Waals surface area contributed by atoms with Crippen molar-refractivity contribution < 1.29 is 9.26 Å². The zero-order chi connectivity index (χ0) is 11.5. The molecule has 3 heteroatoms. The lowest BCUT2D eigenvalue weighted by Crippen LogP contribution is -1.93. The van der Waals surface area contributed by atoms with E-state index in [-0.39, 0.29) is 0 Å². The average molecular weight is 225 g/mol. The van der Waals surface area contributed by atoms with Gasteiger partial charge in [0.1, 0.15) is 12.4 Å². The highest BCUT2D eigenvalue weighted by molar-refractivity contribution is 5.83. The Labute approximate surface area is 98.6 Å². The molecule has 0 aliphatic carbocycles. The SMILES string of the molecule is c1ccc2cc(OCc3ccno3)ccc2c1. The maximum atomic E-state index is 5.62. The summed E-state index contributed by atoms with van der Waals surface area (Å²) in [4.78, 5) is 0. The van der Waals surface area contributed by atoms with E-state index in [9.17, 15) is 0 Å². The van der Waals surface area contributed by atoms with E-state index in [2.05, 4.69) is 17.3 Å². The number of benzene rings is 2. The Bertz CT molecular complexity index is 617. The number of aromatic nitrogens is 1. The van der Waals surface area contributed by atoms with Gasteiger partial charge in [-0.25, -0.2) is 0 Å². The van der Waals surface area contributed by atoms with E-state index >= 15 is 0 Å². The lowest BCUT2D eigenvalue weighted by molar-refractivity contribution is 0.249. The number of ether oxygens (including phenoxy) is 1. The molecule has 0 N–H and O–H groups in total. The summed E-state index contributed by atoms with van der Waals surface area (Å²) in [5, 5.41) is 6.01. The Kier molecular flexibility index (Phi) is 2.50. The average Bonchev–Trinajstić information content (AvgIpc) is 2.89. The van der Waals surface area contributed by atoms with Crippen molar-refractivity contribution >= 4 is 10.8 Å². The van der Waals surface area contributed by atoms with Crippen molar-refractivity contribution in [3.8, 4) is 5.75 Å². The van der Waals surface area contributed by atoms with Gasteiger partial charge < -0.3 is 9.26 Å². The summed E-state index contributed by atoms with van der Waals surface area (Å²) < 4.78 is 10.6. The zero-order valence-electron chi connectivity index (χ0n) is 9.17. The summed E-state index contributed by atoms with van der Waals surface area (Å²) in [5.41, 5.74) is 0. The Morgan fingerprint density at radius 1 is 1.00 bits per heavy atom. The zero-order valence-corrected chi connectivity index (χ0v) is 9.17. The first-order chi connectivity index (χ1) is 8.42. The molecular formula is C14H11NO2. The molecule has 3 rings (SSSR count). The molecule has 0 aliphatic rings. The minimum atomic E-state index is 0.401. The van der Waals surface area contributed by atoms with E-state index < -0.39 is 0 Å². The molecule has 0 aliphatic heterocycles. The van der Waals surface area contributed by atoms with Gasteiger partial charge >= 0.3 is 0 Å². The van der Waals surface area contributed by atoms with Gasteiger partial charge in [0.25, 0.3) is 0 Å². The van der Waals surface area contributed by atoms with Crippen LogP contribution in [0, 0.1) is 0 Å². The summed E-state index contributed by atoms with van der Waals surface area (Å²) in [6.07, 6.45) is 1.61. The van der Waals surface area contributed by atoms with Crippen molar-refractivity contribution in [3.05, 3.63) is 60.5 Å². The maximum Gasteiger partial charge on any atom is 0.174 e. The highest BCUT2D eigenvalue weighted by Gasteiger charge is 2.00. The highest BCUT2D eigenvalue weighted by atomic mass is 16.5. The van der Waals surface area contributed by atoms with Gasteiger partial charge in [-0.3, -0.25) is 0 Å². The van der Waals surface area contributed by atoms with Crippen molar-refractivity contribution in [1.29, 1.82) is 0 Å². The van der Waals surface area contributed by atoms with E-state index in [0.29, 0.717) is 6.61 Å². The number of hydrogen-bond donors (Lipinski definition) is 0. The van der Waals surface area contributed by atoms with Crippen molar-refractivity contribution in [2.24, 2.45) is 0 Å². The summed E-state index contributed by atoms with van der Waals surface area (Å²) in [7, 11) is 0.